The van der Waals surface area contributed by atoms with Crippen molar-refractivity contribution in [1.82, 2.24) is 9.97 Å². The van der Waals surface area contributed by atoms with Gasteiger partial charge in [-0.3, -0.25) is 0 Å². The Kier molecular flexibility index (Phi) is 7.21. The average molecular weight is 663 g/mol. The molecule has 0 amide bonds. The maximum Gasteiger partial charge on any atom is 0.160 e. The van der Waals surface area contributed by atoms with Crippen LogP contribution in [0.4, 0.5) is 0 Å². The van der Waals surface area contributed by atoms with Gasteiger partial charge in [0.15, 0.2) is 5.82 Å². The smallest absolute Gasteiger partial charge is 0.160 e. The lowest BCUT2D eigenvalue weighted by atomic mass is 9.65. The Morgan fingerprint density at radius 3 is 2.24 bits per heavy atom. The molecule has 6 aliphatic carbocycles. The summed E-state index contributed by atoms with van der Waals surface area (Å²) in [6.07, 6.45) is 29.0. The molecule has 4 aromatic rings. The molecule has 1 saturated carbocycles. The van der Waals surface area contributed by atoms with Crippen LogP contribution in [0.3, 0.4) is 0 Å². The SMILES string of the molecule is CC1(C)c2ccccc2-c2cc3c(cc21)C1=C(CCC(c2ccc(-c4cc(C5=CC=CCC5)nc(C5=CCCC=C5)n4)cc2)=C1)C31CCCCC1. The van der Waals surface area contributed by atoms with E-state index in [0.29, 0.717) is 0 Å². The molecule has 6 aliphatic rings. The second-order valence-corrected chi connectivity index (χ2v) is 16.2. The van der Waals surface area contributed by atoms with Crippen molar-refractivity contribution in [2.24, 2.45) is 0 Å². The Hall–Kier alpha value is -4.82. The highest BCUT2D eigenvalue weighted by molar-refractivity contribution is 5.96. The number of fused-ring (bicyclic) bond motifs is 7. The maximum atomic E-state index is 5.14. The third kappa shape index (κ3) is 4.90. The van der Waals surface area contributed by atoms with E-state index in [0.717, 1.165) is 66.9 Å². The van der Waals surface area contributed by atoms with Crippen LogP contribution in [-0.4, -0.2) is 9.97 Å². The number of allylic oxidation sites excluding steroid dienone is 12. The van der Waals surface area contributed by atoms with Gasteiger partial charge in [-0.25, -0.2) is 9.97 Å². The van der Waals surface area contributed by atoms with Gasteiger partial charge in [-0.2, -0.15) is 0 Å². The molecule has 0 unspecified atom stereocenters. The molecule has 2 heteroatoms. The normalized spacial score (nSPS) is 20.7. The fourth-order valence-electron chi connectivity index (χ4n) is 10.3. The van der Waals surface area contributed by atoms with Gasteiger partial charge in [0.1, 0.15) is 0 Å². The highest BCUT2D eigenvalue weighted by Gasteiger charge is 2.47. The standard InChI is InChI=1S/C49H46N2/c1-48(2)41-19-11-10-18-37(41)39-30-44-40(29-43(39)48)38-28-36(24-25-42(38)49(44)26-12-5-13-27-49)32-20-22-34(23-21-32)46-31-45(33-14-6-3-7-15-33)50-47(51-46)35-16-8-4-9-17-35/h3,6,8,10-11,14,16-23,28-31H,4-5,7,9,12-13,15,24-27H2,1-2H3. The number of nitrogens with zero attached hydrogens (tertiary/aromatic N) is 2. The molecule has 10 rings (SSSR count). The minimum atomic E-state index is 0.00972. The molecule has 0 radical (unpaired) electrons. The molecule has 51 heavy (non-hydrogen) atoms. The van der Waals surface area contributed by atoms with Crippen LogP contribution in [0.1, 0.15) is 124 Å². The molecular formula is C49H46N2. The van der Waals surface area contributed by atoms with Gasteiger partial charge in [-0.15, -0.1) is 0 Å². The first kappa shape index (κ1) is 31.0. The molecule has 1 fully saturated rings. The molecule has 252 valence electrons. The van der Waals surface area contributed by atoms with E-state index in [9.17, 15) is 0 Å². The van der Waals surface area contributed by atoms with E-state index in [-0.39, 0.29) is 10.8 Å². The van der Waals surface area contributed by atoms with Crippen LogP contribution in [0.15, 0.2) is 115 Å². The summed E-state index contributed by atoms with van der Waals surface area (Å²) in [5.41, 5.74) is 20.9. The molecule has 0 saturated heterocycles. The monoisotopic (exact) mass is 662 g/mol. The lowest BCUT2D eigenvalue weighted by Gasteiger charge is -2.39. The van der Waals surface area contributed by atoms with E-state index >= 15 is 0 Å². The van der Waals surface area contributed by atoms with E-state index in [1.54, 1.807) is 11.1 Å². The number of aromatic nitrogens is 2. The van der Waals surface area contributed by atoms with Crippen LogP contribution in [-0.2, 0) is 10.8 Å². The largest absolute Gasteiger partial charge is 0.228 e. The average Bonchev–Trinajstić information content (AvgIpc) is 3.58. The van der Waals surface area contributed by atoms with Crippen LogP contribution in [0, 0.1) is 0 Å². The highest BCUT2D eigenvalue weighted by atomic mass is 14.9. The highest BCUT2D eigenvalue weighted by Crippen LogP contribution is 2.61. The first-order chi connectivity index (χ1) is 25.0. The predicted octanol–water partition coefficient (Wildman–Crippen LogP) is 12.8. The third-order valence-corrected chi connectivity index (χ3v) is 13.0. The second kappa shape index (κ2) is 11.9. The molecule has 0 atom stereocenters. The van der Waals surface area contributed by atoms with Gasteiger partial charge in [0.05, 0.1) is 11.4 Å². The lowest BCUT2D eigenvalue weighted by molar-refractivity contribution is 0.338. The Bertz CT molecular complexity index is 2290. The van der Waals surface area contributed by atoms with Crippen molar-refractivity contribution >= 4 is 22.3 Å². The van der Waals surface area contributed by atoms with Crippen molar-refractivity contribution < 1.29 is 0 Å². The fraction of sp³-hybridized carbons (Fsp3) is 0.306. The summed E-state index contributed by atoms with van der Waals surface area (Å²) >= 11 is 0. The zero-order chi connectivity index (χ0) is 34.2. The predicted molar refractivity (Wildman–Crippen MR) is 213 cm³/mol. The van der Waals surface area contributed by atoms with Gasteiger partial charge in [-0.05, 0) is 125 Å². The van der Waals surface area contributed by atoms with Crippen molar-refractivity contribution in [1.29, 1.82) is 0 Å². The summed E-state index contributed by atoms with van der Waals surface area (Å²) in [4.78, 5) is 10.2. The Balaban J connectivity index is 1.04. The molecular weight excluding hydrogens is 617 g/mol. The Morgan fingerprint density at radius 2 is 1.43 bits per heavy atom. The van der Waals surface area contributed by atoms with Crippen molar-refractivity contribution in [2.45, 2.75) is 95.3 Å². The van der Waals surface area contributed by atoms with Crippen molar-refractivity contribution in [2.75, 3.05) is 0 Å². The number of benzene rings is 3. The number of hydrogen-bond donors (Lipinski definition) is 0. The zero-order valence-corrected chi connectivity index (χ0v) is 30.1. The van der Waals surface area contributed by atoms with Crippen LogP contribution < -0.4 is 0 Å². The van der Waals surface area contributed by atoms with Crippen LogP contribution in [0.5, 0.6) is 0 Å². The number of rotatable bonds is 4. The summed E-state index contributed by atoms with van der Waals surface area (Å²) in [6, 6.07) is 25.8. The van der Waals surface area contributed by atoms with Crippen LogP contribution >= 0.6 is 0 Å². The van der Waals surface area contributed by atoms with Crippen molar-refractivity contribution in [3.05, 3.63) is 154 Å². The van der Waals surface area contributed by atoms with E-state index in [4.69, 9.17) is 9.97 Å². The van der Waals surface area contributed by atoms with E-state index < -0.39 is 0 Å². The summed E-state index contributed by atoms with van der Waals surface area (Å²) in [5, 5.41) is 0. The summed E-state index contributed by atoms with van der Waals surface area (Å²) in [7, 11) is 0. The second-order valence-electron chi connectivity index (χ2n) is 16.2. The molecule has 2 nitrogen and oxygen atoms in total. The van der Waals surface area contributed by atoms with Gasteiger partial charge in [-0.1, -0.05) is 130 Å². The molecule has 0 bridgehead atoms. The molecule has 0 aliphatic heterocycles. The van der Waals surface area contributed by atoms with Crippen LogP contribution in [0.25, 0.3) is 44.7 Å². The summed E-state index contributed by atoms with van der Waals surface area (Å²) in [6.45, 7) is 4.84. The number of hydrogen-bond acceptors (Lipinski definition) is 2. The third-order valence-electron chi connectivity index (χ3n) is 13.0. The molecule has 1 heterocycles. The van der Waals surface area contributed by atoms with Gasteiger partial charge in [0.2, 0.25) is 0 Å². The zero-order valence-electron chi connectivity index (χ0n) is 30.1. The van der Waals surface area contributed by atoms with E-state index in [1.807, 2.05) is 0 Å². The van der Waals surface area contributed by atoms with Gasteiger partial charge in [0.25, 0.3) is 0 Å². The first-order valence-corrected chi connectivity index (χ1v) is 19.5. The lowest BCUT2D eigenvalue weighted by Crippen LogP contribution is -2.30. The Labute approximate surface area is 303 Å². The molecule has 0 N–H and O–H groups in total. The summed E-state index contributed by atoms with van der Waals surface area (Å²) in [5.74, 6) is 0.835. The summed E-state index contributed by atoms with van der Waals surface area (Å²) < 4.78 is 0. The molecule has 3 aromatic carbocycles. The molecule has 1 aromatic heterocycles. The van der Waals surface area contributed by atoms with Crippen molar-refractivity contribution in [3.8, 4) is 22.4 Å². The molecule has 1 spiro atoms. The Morgan fingerprint density at radius 1 is 0.627 bits per heavy atom. The minimum absolute atomic E-state index is 0.00972. The first-order valence-electron chi connectivity index (χ1n) is 19.5. The van der Waals surface area contributed by atoms with E-state index in [2.05, 4.69) is 123 Å². The van der Waals surface area contributed by atoms with Crippen LogP contribution in [0.2, 0.25) is 0 Å². The fourth-order valence-corrected chi connectivity index (χ4v) is 10.3. The topological polar surface area (TPSA) is 25.8 Å². The minimum Gasteiger partial charge on any atom is -0.228 e. The van der Waals surface area contributed by atoms with Gasteiger partial charge < -0.3 is 0 Å². The van der Waals surface area contributed by atoms with Crippen molar-refractivity contribution in [3.63, 3.8) is 0 Å². The van der Waals surface area contributed by atoms with Gasteiger partial charge >= 0.3 is 0 Å². The quantitative estimate of drug-likeness (QED) is 0.217. The van der Waals surface area contributed by atoms with E-state index in [1.165, 1.54) is 82.2 Å². The van der Waals surface area contributed by atoms with Gasteiger partial charge in [0, 0.05) is 22.0 Å². The maximum absolute atomic E-state index is 5.14.